The van der Waals surface area contributed by atoms with E-state index in [1.807, 2.05) is 48.9 Å². The fourth-order valence-electron chi connectivity index (χ4n) is 3.99. The summed E-state index contributed by atoms with van der Waals surface area (Å²) in [6.07, 6.45) is 9.55. The summed E-state index contributed by atoms with van der Waals surface area (Å²) in [6.45, 7) is 13.6. The van der Waals surface area contributed by atoms with Gasteiger partial charge in [-0.1, -0.05) is 18.7 Å². The summed E-state index contributed by atoms with van der Waals surface area (Å²) in [5, 5.41) is 0. The van der Waals surface area contributed by atoms with Crippen LogP contribution >= 0.6 is 0 Å². The number of likely N-dealkylation sites (tertiary alicyclic amines) is 1. The third-order valence-electron chi connectivity index (χ3n) is 6.13. The van der Waals surface area contributed by atoms with Gasteiger partial charge < -0.3 is 15.5 Å². The van der Waals surface area contributed by atoms with Crippen molar-refractivity contribution in [2.45, 2.75) is 46.6 Å². The van der Waals surface area contributed by atoms with Crippen molar-refractivity contribution in [1.82, 2.24) is 9.80 Å². The van der Waals surface area contributed by atoms with Crippen LogP contribution in [0.15, 0.2) is 71.2 Å². The van der Waals surface area contributed by atoms with Crippen molar-refractivity contribution in [3.05, 3.63) is 88.2 Å². The molecule has 31 heavy (non-hydrogen) atoms. The molecule has 0 saturated carbocycles. The number of carbonyl (C=O) groups is 1. The van der Waals surface area contributed by atoms with Crippen LogP contribution in [0, 0.1) is 12.7 Å². The molecule has 2 aliphatic heterocycles. The molecule has 2 aliphatic rings. The fourth-order valence-corrected chi connectivity index (χ4v) is 3.99. The van der Waals surface area contributed by atoms with Gasteiger partial charge >= 0.3 is 0 Å². The number of benzene rings is 1. The Bertz CT molecular complexity index is 1020. The standard InChI is InChI=1S/C26H32FN3O/c1-17(13-22-8-9-24(27)14-18(22)2)20(4)21(5)30-12-10-23(15-19(30)3)26(31)29-11-6-7-25(28)16-29/h8-10,12-15,25H,3,6-7,11,16,28H2,1-2,4-5H3/b17-13+,21-20+. The first-order chi connectivity index (χ1) is 14.7. The second-order valence-electron chi connectivity index (χ2n) is 8.47. The SMILES string of the molecule is C=C1C=C(C(=O)N2CCCC(N)C2)C=CN1/C(C)=C(C)/C(C)=C/c1ccc(F)cc1C. The van der Waals surface area contributed by atoms with Crippen LogP contribution in [-0.2, 0) is 4.79 Å². The molecule has 4 nitrogen and oxygen atoms in total. The fraction of sp³-hybridized carbons (Fsp3) is 0.346. The van der Waals surface area contributed by atoms with Crippen molar-refractivity contribution in [2.75, 3.05) is 13.1 Å². The van der Waals surface area contributed by atoms with Gasteiger partial charge in [-0.15, -0.1) is 0 Å². The maximum Gasteiger partial charge on any atom is 0.254 e. The van der Waals surface area contributed by atoms with Gasteiger partial charge in [0.15, 0.2) is 0 Å². The normalized spacial score (nSPS) is 20.6. The molecule has 1 amide bonds. The topological polar surface area (TPSA) is 49.6 Å². The minimum atomic E-state index is -0.228. The van der Waals surface area contributed by atoms with Crippen LogP contribution in [0.2, 0.25) is 0 Å². The Morgan fingerprint density at radius 3 is 2.68 bits per heavy atom. The summed E-state index contributed by atoms with van der Waals surface area (Å²) in [5.74, 6) is -0.220. The summed E-state index contributed by atoms with van der Waals surface area (Å²) in [5.41, 5.74) is 12.5. The molecule has 2 N–H and O–H groups in total. The lowest BCUT2D eigenvalue weighted by Crippen LogP contribution is -2.46. The number of hydrogen-bond acceptors (Lipinski definition) is 3. The van der Waals surface area contributed by atoms with Gasteiger partial charge in [-0.25, -0.2) is 4.39 Å². The minimum Gasteiger partial charge on any atom is -0.337 e. The number of halogens is 1. The van der Waals surface area contributed by atoms with Gasteiger partial charge in [0.1, 0.15) is 5.82 Å². The predicted molar refractivity (Wildman–Crippen MR) is 125 cm³/mol. The van der Waals surface area contributed by atoms with E-state index >= 15 is 0 Å². The molecule has 0 aliphatic carbocycles. The van der Waals surface area contributed by atoms with Crippen LogP contribution in [0.4, 0.5) is 4.39 Å². The van der Waals surface area contributed by atoms with Gasteiger partial charge in [-0.3, -0.25) is 4.79 Å². The summed E-state index contributed by atoms with van der Waals surface area (Å²) < 4.78 is 13.4. The molecule has 3 rings (SSSR count). The van der Waals surface area contributed by atoms with Crippen molar-refractivity contribution < 1.29 is 9.18 Å². The van der Waals surface area contributed by atoms with Crippen molar-refractivity contribution in [3.63, 3.8) is 0 Å². The molecule has 164 valence electrons. The quantitative estimate of drug-likeness (QED) is 0.692. The first kappa shape index (κ1) is 22.8. The third-order valence-corrected chi connectivity index (χ3v) is 6.13. The van der Waals surface area contributed by atoms with Crippen molar-refractivity contribution in [1.29, 1.82) is 0 Å². The molecule has 1 saturated heterocycles. The van der Waals surface area contributed by atoms with Gasteiger partial charge in [0.25, 0.3) is 5.91 Å². The number of amides is 1. The molecule has 0 spiro atoms. The average molecular weight is 422 g/mol. The molecule has 5 heteroatoms. The maximum absolute atomic E-state index is 13.4. The summed E-state index contributed by atoms with van der Waals surface area (Å²) in [7, 11) is 0. The van der Waals surface area contributed by atoms with Gasteiger partial charge in [-0.05, 0) is 87.1 Å². The highest BCUT2D eigenvalue weighted by atomic mass is 19.1. The number of nitrogens with zero attached hydrogens (tertiary/aromatic N) is 2. The van der Waals surface area contributed by atoms with E-state index < -0.39 is 0 Å². The van der Waals surface area contributed by atoms with Crippen molar-refractivity contribution in [3.8, 4) is 0 Å². The van der Waals surface area contributed by atoms with Gasteiger partial charge in [-0.2, -0.15) is 0 Å². The van der Waals surface area contributed by atoms with E-state index in [0.29, 0.717) is 12.1 Å². The van der Waals surface area contributed by atoms with E-state index in [0.717, 1.165) is 53.1 Å². The highest BCUT2D eigenvalue weighted by Crippen LogP contribution is 2.27. The minimum absolute atomic E-state index is 0.00779. The lowest BCUT2D eigenvalue weighted by atomic mass is 10.00. The van der Waals surface area contributed by atoms with Crippen LogP contribution < -0.4 is 5.73 Å². The molecule has 0 bridgehead atoms. The smallest absolute Gasteiger partial charge is 0.254 e. The number of nitrogens with two attached hydrogens (primary N) is 1. The molecule has 0 aromatic heterocycles. The first-order valence-electron chi connectivity index (χ1n) is 10.7. The summed E-state index contributed by atoms with van der Waals surface area (Å²) in [4.78, 5) is 16.7. The maximum atomic E-state index is 13.4. The largest absolute Gasteiger partial charge is 0.337 e. The zero-order valence-electron chi connectivity index (χ0n) is 18.9. The number of aryl methyl sites for hydroxylation is 1. The highest BCUT2D eigenvalue weighted by molar-refractivity contribution is 5.97. The Hall–Kier alpha value is -2.92. The summed E-state index contributed by atoms with van der Waals surface area (Å²) in [6, 6.07) is 4.87. The number of allylic oxidation sites excluding steroid dienone is 4. The molecule has 1 fully saturated rings. The number of hydrogen-bond donors (Lipinski definition) is 1. The highest BCUT2D eigenvalue weighted by Gasteiger charge is 2.25. The van der Waals surface area contributed by atoms with E-state index in [9.17, 15) is 9.18 Å². The molecular formula is C26H32FN3O. The van der Waals surface area contributed by atoms with E-state index in [-0.39, 0.29) is 17.8 Å². The van der Waals surface area contributed by atoms with Crippen LogP contribution in [0.1, 0.15) is 44.7 Å². The van der Waals surface area contributed by atoms with Crippen LogP contribution in [0.3, 0.4) is 0 Å². The second-order valence-corrected chi connectivity index (χ2v) is 8.47. The zero-order chi connectivity index (χ0) is 22.7. The Labute approximate surface area is 184 Å². The van der Waals surface area contributed by atoms with E-state index in [1.54, 1.807) is 12.1 Å². The number of carbonyl (C=O) groups excluding carboxylic acids is 1. The van der Waals surface area contributed by atoms with E-state index in [1.165, 1.54) is 6.07 Å². The van der Waals surface area contributed by atoms with Gasteiger partial charge in [0.05, 0.1) is 0 Å². The van der Waals surface area contributed by atoms with Crippen molar-refractivity contribution >= 4 is 12.0 Å². The second kappa shape index (κ2) is 9.48. The van der Waals surface area contributed by atoms with Crippen molar-refractivity contribution in [2.24, 2.45) is 5.73 Å². The van der Waals surface area contributed by atoms with E-state index in [4.69, 9.17) is 5.73 Å². The molecule has 1 unspecified atom stereocenters. The Kier molecular flexibility index (Phi) is 6.96. The van der Waals surface area contributed by atoms with Gasteiger partial charge in [0.2, 0.25) is 0 Å². The lowest BCUT2D eigenvalue weighted by Gasteiger charge is -2.32. The average Bonchev–Trinajstić information content (AvgIpc) is 2.74. The molecule has 0 radical (unpaired) electrons. The molecular weight excluding hydrogens is 389 g/mol. The molecule has 1 aromatic carbocycles. The molecule has 1 atom stereocenters. The zero-order valence-corrected chi connectivity index (χ0v) is 18.9. The monoisotopic (exact) mass is 421 g/mol. The Balaban J connectivity index is 1.77. The Morgan fingerprint density at radius 1 is 1.29 bits per heavy atom. The van der Waals surface area contributed by atoms with Crippen LogP contribution in [-0.4, -0.2) is 34.8 Å². The lowest BCUT2D eigenvalue weighted by molar-refractivity contribution is -0.127. The molecule has 2 heterocycles. The van der Waals surface area contributed by atoms with E-state index in [2.05, 4.69) is 19.6 Å². The Morgan fingerprint density at radius 2 is 2.03 bits per heavy atom. The third kappa shape index (κ3) is 5.23. The number of rotatable bonds is 4. The van der Waals surface area contributed by atoms with Gasteiger partial charge in [0, 0.05) is 42.3 Å². The predicted octanol–water partition coefficient (Wildman–Crippen LogP) is 5.05. The molecule has 1 aromatic rings. The van der Waals surface area contributed by atoms with Crippen LogP contribution in [0.5, 0.6) is 0 Å². The summed E-state index contributed by atoms with van der Waals surface area (Å²) >= 11 is 0. The van der Waals surface area contributed by atoms with Crippen LogP contribution in [0.25, 0.3) is 6.08 Å². The number of piperidine rings is 1. The first-order valence-corrected chi connectivity index (χ1v) is 10.7.